The zero-order valence-electron chi connectivity index (χ0n) is 14.1. The van der Waals surface area contributed by atoms with Gasteiger partial charge in [0.15, 0.2) is 0 Å². The Morgan fingerprint density at radius 2 is 2.04 bits per heavy atom. The molecule has 6 nitrogen and oxygen atoms in total. The second-order valence-corrected chi connectivity index (χ2v) is 6.35. The minimum atomic E-state index is 0.0789. The quantitative estimate of drug-likeness (QED) is 0.885. The van der Waals surface area contributed by atoms with Gasteiger partial charge in [0.25, 0.3) is 0 Å². The first-order valence-electron chi connectivity index (χ1n) is 8.13. The van der Waals surface area contributed by atoms with Crippen molar-refractivity contribution < 1.29 is 4.79 Å². The van der Waals surface area contributed by atoms with E-state index in [1.54, 1.807) is 18.3 Å². The molecule has 1 aromatic heterocycles. The Labute approximate surface area is 138 Å². The van der Waals surface area contributed by atoms with Crippen LogP contribution in [0.15, 0.2) is 18.3 Å². The van der Waals surface area contributed by atoms with Crippen LogP contribution < -0.4 is 10.2 Å². The smallest absolute Gasteiger partial charge is 0.234 e. The molecule has 1 aliphatic heterocycles. The number of nitrogens with zero attached hydrogens (tertiary/aromatic N) is 4. The van der Waals surface area contributed by atoms with E-state index in [2.05, 4.69) is 40.0 Å². The van der Waals surface area contributed by atoms with Gasteiger partial charge in [-0.3, -0.25) is 9.69 Å². The summed E-state index contributed by atoms with van der Waals surface area (Å²) in [6.07, 6.45) is 1.71. The van der Waals surface area contributed by atoms with Crippen molar-refractivity contribution in [2.45, 2.75) is 26.8 Å². The number of aromatic nitrogens is 1. The van der Waals surface area contributed by atoms with Crippen LogP contribution in [0.4, 0.5) is 5.82 Å². The van der Waals surface area contributed by atoms with Crippen molar-refractivity contribution in [3.8, 4) is 6.07 Å². The zero-order chi connectivity index (χ0) is 16.8. The Morgan fingerprint density at radius 1 is 1.35 bits per heavy atom. The van der Waals surface area contributed by atoms with Gasteiger partial charge in [-0.2, -0.15) is 5.26 Å². The van der Waals surface area contributed by atoms with E-state index in [9.17, 15) is 4.79 Å². The second-order valence-electron chi connectivity index (χ2n) is 6.35. The topological polar surface area (TPSA) is 72.3 Å². The van der Waals surface area contributed by atoms with E-state index in [-0.39, 0.29) is 11.9 Å². The van der Waals surface area contributed by atoms with E-state index >= 15 is 0 Å². The van der Waals surface area contributed by atoms with E-state index < -0.39 is 0 Å². The number of amides is 1. The second kappa shape index (κ2) is 7.93. The molecular weight excluding hydrogens is 290 g/mol. The number of hydrogen-bond acceptors (Lipinski definition) is 5. The molecule has 0 saturated carbocycles. The summed E-state index contributed by atoms with van der Waals surface area (Å²) in [5.41, 5.74) is 0.601. The van der Waals surface area contributed by atoms with Gasteiger partial charge in [0.2, 0.25) is 5.91 Å². The van der Waals surface area contributed by atoms with E-state index in [0.29, 0.717) is 18.0 Å². The van der Waals surface area contributed by atoms with Gasteiger partial charge < -0.3 is 10.2 Å². The lowest BCUT2D eigenvalue weighted by atomic mass is 10.1. The molecule has 1 amide bonds. The summed E-state index contributed by atoms with van der Waals surface area (Å²) in [5.74, 6) is 1.26. The average molecular weight is 315 g/mol. The average Bonchev–Trinajstić information content (AvgIpc) is 2.55. The van der Waals surface area contributed by atoms with Crippen LogP contribution in [0.1, 0.15) is 26.3 Å². The van der Waals surface area contributed by atoms with Gasteiger partial charge >= 0.3 is 0 Å². The van der Waals surface area contributed by atoms with Gasteiger partial charge in [-0.25, -0.2) is 4.98 Å². The van der Waals surface area contributed by atoms with E-state index in [0.717, 1.165) is 32.0 Å². The fraction of sp³-hybridized carbons (Fsp3) is 0.588. The van der Waals surface area contributed by atoms with E-state index in [1.165, 1.54) is 0 Å². The number of hydrogen-bond donors (Lipinski definition) is 1. The number of carbonyl (C=O) groups is 1. The predicted octanol–water partition coefficient (Wildman–Crippen LogP) is 1.24. The Kier molecular flexibility index (Phi) is 5.94. The first-order valence-corrected chi connectivity index (χ1v) is 8.13. The molecular formula is C17H25N5O. The molecule has 1 fully saturated rings. The third-order valence-electron chi connectivity index (χ3n) is 4.33. The van der Waals surface area contributed by atoms with Crippen LogP contribution in [0.3, 0.4) is 0 Å². The zero-order valence-corrected chi connectivity index (χ0v) is 14.1. The highest BCUT2D eigenvalue weighted by molar-refractivity contribution is 5.78. The highest BCUT2D eigenvalue weighted by atomic mass is 16.2. The van der Waals surface area contributed by atoms with Gasteiger partial charge in [-0.1, -0.05) is 13.8 Å². The molecule has 1 aliphatic rings. The standard InChI is InChI=1S/C17H25N5O/c1-13(2)14(3)20-16(23)12-21-7-9-22(10-8-21)17-15(11-18)5-4-6-19-17/h4-6,13-14H,7-10,12H2,1-3H3,(H,20,23). The molecule has 1 unspecified atom stereocenters. The number of rotatable bonds is 5. The molecule has 1 atom stereocenters. The van der Waals surface area contributed by atoms with Crippen molar-refractivity contribution in [2.75, 3.05) is 37.6 Å². The highest BCUT2D eigenvalue weighted by Gasteiger charge is 2.22. The van der Waals surface area contributed by atoms with Crippen molar-refractivity contribution in [3.05, 3.63) is 23.9 Å². The summed E-state index contributed by atoms with van der Waals surface area (Å²) >= 11 is 0. The first-order chi connectivity index (χ1) is 11.0. The Balaban J connectivity index is 1.85. The fourth-order valence-electron chi connectivity index (χ4n) is 2.52. The number of carbonyl (C=O) groups excluding carboxylic acids is 1. The monoisotopic (exact) mass is 315 g/mol. The Bertz CT molecular complexity index is 573. The van der Waals surface area contributed by atoms with Crippen LogP contribution in [0.25, 0.3) is 0 Å². The number of nitriles is 1. The molecule has 2 heterocycles. The third kappa shape index (κ3) is 4.67. The highest BCUT2D eigenvalue weighted by Crippen LogP contribution is 2.17. The first kappa shape index (κ1) is 17.2. The SMILES string of the molecule is CC(C)C(C)NC(=O)CN1CCN(c2ncccc2C#N)CC1. The Hall–Kier alpha value is -2.13. The molecule has 0 aliphatic carbocycles. The molecule has 0 radical (unpaired) electrons. The van der Waals surface area contributed by atoms with Crippen LogP contribution in [0.5, 0.6) is 0 Å². The number of pyridine rings is 1. The van der Waals surface area contributed by atoms with Crippen LogP contribution in [-0.2, 0) is 4.79 Å². The molecule has 1 N–H and O–H groups in total. The van der Waals surface area contributed by atoms with Crippen molar-refractivity contribution in [3.63, 3.8) is 0 Å². The lowest BCUT2D eigenvalue weighted by Gasteiger charge is -2.35. The summed E-state index contributed by atoms with van der Waals surface area (Å²) in [6.45, 7) is 9.81. The van der Waals surface area contributed by atoms with Crippen LogP contribution in [0, 0.1) is 17.2 Å². The maximum atomic E-state index is 12.1. The predicted molar refractivity (Wildman–Crippen MR) is 90.0 cm³/mol. The largest absolute Gasteiger partial charge is 0.353 e. The van der Waals surface area contributed by atoms with Crippen LogP contribution in [0.2, 0.25) is 0 Å². The Morgan fingerprint density at radius 3 is 2.65 bits per heavy atom. The summed E-state index contributed by atoms with van der Waals surface area (Å²) in [6, 6.07) is 5.94. The molecule has 1 saturated heterocycles. The molecule has 1 aromatic rings. The molecule has 23 heavy (non-hydrogen) atoms. The summed E-state index contributed by atoms with van der Waals surface area (Å²) in [5, 5.41) is 12.2. The van der Waals surface area contributed by atoms with Gasteiger partial charge in [0.05, 0.1) is 12.1 Å². The molecule has 2 rings (SSSR count). The lowest BCUT2D eigenvalue weighted by molar-refractivity contribution is -0.123. The van der Waals surface area contributed by atoms with Gasteiger partial charge in [-0.15, -0.1) is 0 Å². The lowest BCUT2D eigenvalue weighted by Crippen LogP contribution is -2.51. The molecule has 124 valence electrons. The van der Waals surface area contributed by atoms with Crippen LogP contribution >= 0.6 is 0 Å². The van der Waals surface area contributed by atoms with Gasteiger partial charge in [0.1, 0.15) is 11.9 Å². The van der Waals surface area contributed by atoms with Crippen molar-refractivity contribution in [2.24, 2.45) is 5.92 Å². The minimum absolute atomic E-state index is 0.0789. The normalized spacial score (nSPS) is 16.9. The fourth-order valence-corrected chi connectivity index (χ4v) is 2.52. The van der Waals surface area contributed by atoms with Crippen LogP contribution in [-0.4, -0.2) is 54.6 Å². The van der Waals surface area contributed by atoms with Crippen molar-refractivity contribution in [1.82, 2.24) is 15.2 Å². The van der Waals surface area contributed by atoms with Crippen molar-refractivity contribution >= 4 is 11.7 Å². The maximum Gasteiger partial charge on any atom is 0.234 e. The molecule has 0 spiro atoms. The third-order valence-corrected chi connectivity index (χ3v) is 4.33. The molecule has 0 bridgehead atoms. The van der Waals surface area contributed by atoms with E-state index in [1.807, 2.05) is 6.92 Å². The van der Waals surface area contributed by atoms with Gasteiger partial charge in [-0.05, 0) is 25.0 Å². The van der Waals surface area contributed by atoms with Crippen molar-refractivity contribution in [1.29, 1.82) is 5.26 Å². The van der Waals surface area contributed by atoms with Gasteiger partial charge in [0, 0.05) is 38.4 Å². The summed E-state index contributed by atoms with van der Waals surface area (Å²) in [7, 11) is 0. The van der Waals surface area contributed by atoms with E-state index in [4.69, 9.17) is 5.26 Å². The summed E-state index contributed by atoms with van der Waals surface area (Å²) < 4.78 is 0. The number of nitrogens with one attached hydrogen (secondary N) is 1. The molecule has 6 heteroatoms. The minimum Gasteiger partial charge on any atom is -0.353 e. The molecule has 0 aromatic carbocycles. The number of anilines is 1. The maximum absolute atomic E-state index is 12.1. The summed E-state index contributed by atoms with van der Waals surface area (Å²) in [4.78, 5) is 20.6. The number of piperazine rings is 1.